The second-order valence-electron chi connectivity index (χ2n) is 6.78. The zero-order chi connectivity index (χ0) is 21.3. The number of aromatic nitrogens is 2. The summed E-state index contributed by atoms with van der Waals surface area (Å²) in [5, 5.41) is 5.77. The molecule has 152 valence electrons. The Bertz CT molecular complexity index is 1340. The van der Waals surface area contributed by atoms with Crippen molar-refractivity contribution in [2.45, 2.75) is 18.4 Å². The number of sulfonamides is 1. The van der Waals surface area contributed by atoms with E-state index < -0.39 is 10.0 Å². The highest BCUT2D eigenvalue weighted by atomic mass is 35.5. The lowest BCUT2D eigenvalue weighted by atomic mass is 10.0. The van der Waals surface area contributed by atoms with E-state index in [4.69, 9.17) is 21.5 Å². The molecule has 0 radical (unpaired) electrons. The smallest absolute Gasteiger partial charge is 0.238 e. The van der Waals surface area contributed by atoms with Crippen LogP contribution in [0.1, 0.15) is 11.3 Å². The van der Waals surface area contributed by atoms with Gasteiger partial charge in [-0.2, -0.15) is 0 Å². The van der Waals surface area contributed by atoms with Gasteiger partial charge in [-0.05, 0) is 47.9 Å². The molecule has 0 saturated heterocycles. The summed E-state index contributed by atoms with van der Waals surface area (Å²) < 4.78 is 29.0. The van der Waals surface area contributed by atoms with E-state index in [1.165, 1.54) is 6.07 Å². The standard InChI is InChI=1S/C22H18ClN3O3S/c1-14-22(26-20-7-3-6-19(23)21(20)25-14)29-13-15-8-10-16(11-9-15)17-4-2-5-18(12-17)30(24,27)28/h2-12H,13H2,1H3,(H2,24,27,28). The van der Waals surface area contributed by atoms with Crippen LogP contribution in [0.3, 0.4) is 0 Å². The van der Waals surface area contributed by atoms with Gasteiger partial charge in [0.2, 0.25) is 15.9 Å². The van der Waals surface area contributed by atoms with Crippen molar-refractivity contribution in [2.75, 3.05) is 0 Å². The molecule has 30 heavy (non-hydrogen) atoms. The molecular formula is C22H18ClN3O3S. The van der Waals surface area contributed by atoms with Gasteiger partial charge in [0.05, 0.1) is 15.4 Å². The second-order valence-corrected chi connectivity index (χ2v) is 8.75. The number of benzene rings is 3. The van der Waals surface area contributed by atoms with Crippen LogP contribution in [0.15, 0.2) is 71.6 Å². The third-order valence-corrected chi connectivity index (χ3v) is 5.82. The number of nitrogens with two attached hydrogens (primary N) is 1. The number of rotatable bonds is 5. The minimum Gasteiger partial charge on any atom is -0.471 e. The molecule has 2 N–H and O–H groups in total. The molecule has 6 nitrogen and oxygen atoms in total. The predicted octanol–water partition coefficient (Wildman–Crippen LogP) is 4.49. The Morgan fingerprint density at radius 3 is 2.43 bits per heavy atom. The summed E-state index contributed by atoms with van der Waals surface area (Å²) >= 11 is 6.17. The zero-order valence-corrected chi connectivity index (χ0v) is 17.6. The number of para-hydroxylation sites is 1. The number of hydrogen-bond acceptors (Lipinski definition) is 5. The van der Waals surface area contributed by atoms with Gasteiger partial charge in [-0.3, -0.25) is 0 Å². The average molecular weight is 440 g/mol. The van der Waals surface area contributed by atoms with E-state index in [9.17, 15) is 8.42 Å². The molecule has 1 aromatic heterocycles. The third kappa shape index (κ3) is 4.28. The highest BCUT2D eigenvalue weighted by Gasteiger charge is 2.10. The van der Waals surface area contributed by atoms with E-state index in [-0.39, 0.29) is 4.90 Å². The van der Waals surface area contributed by atoms with Crippen LogP contribution in [0, 0.1) is 6.92 Å². The Hall–Kier alpha value is -3.00. The largest absolute Gasteiger partial charge is 0.471 e. The fraction of sp³-hybridized carbons (Fsp3) is 0.0909. The van der Waals surface area contributed by atoms with Crippen molar-refractivity contribution in [3.05, 3.63) is 83.0 Å². The summed E-state index contributed by atoms with van der Waals surface area (Å²) in [6.45, 7) is 2.14. The molecule has 0 atom stereocenters. The lowest BCUT2D eigenvalue weighted by Gasteiger charge is -2.10. The van der Waals surface area contributed by atoms with Gasteiger partial charge in [0.15, 0.2) is 0 Å². The van der Waals surface area contributed by atoms with Gasteiger partial charge in [-0.25, -0.2) is 23.5 Å². The van der Waals surface area contributed by atoms with Crippen LogP contribution in [0.5, 0.6) is 5.88 Å². The predicted molar refractivity (Wildman–Crippen MR) is 117 cm³/mol. The quantitative estimate of drug-likeness (QED) is 0.494. The SMILES string of the molecule is Cc1nc2c(Cl)cccc2nc1OCc1ccc(-c2cccc(S(N)(=O)=O)c2)cc1. The second kappa shape index (κ2) is 8.02. The van der Waals surface area contributed by atoms with Crippen molar-refractivity contribution >= 4 is 32.7 Å². The lowest BCUT2D eigenvalue weighted by Crippen LogP contribution is -2.11. The normalized spacial score (nSPS) is 11.6. The highest BCUT2D eigenvalue weighted by molar-refractivity contribution is 7.89. The van der Waals surface area contributed by atoms with E-state index >= 15 is 0 Å². The van der Waals surface area contributed by atoms with Crippen molar-refractivity contribution in [3.8, 4) is 17.0 Å². The summed E-state index contributed by atoms with van der Waals surface area (Å²) in [6.07, 6.45) is 0. The van der Waals surface area contributed by atoms with E-state index in [2.05, 4.69) is 9.97 Å². The highest BCUT2D eigenvalue weighted by Crippen LogP contribution is 2.26. The van der Waals surface area contributed by atoms with Crippen LogP contribution < -0.4 is 9.88 Å². The first-order valence-corrected chi connectivity index (χ1v) is 11.0. The van der Waals surface area contributed by atoms with Gasteiger partial charge in [0, 0.05) is 0 Å². The molecule has 0 saturated carbocycles. The van der Waals surface area contributed by atoms with Gasteiger partial charge in [0.1, 0.15) is 17.8 Å². The molecule has 8 heteroatoms. The molecular weight excluding hydrogens is 422 g/mol. The average Bonchev–Trinajstić information content (AvgIpc) is 2.73. The molecule has 0 fully saturated rings. The summed E-state index contributed by atoms with van der Waals surface area (Å²) in [7, 11) is -3.74. The van der Waals surface area contributed by atoms with E-state index in [0.717, 1.165) is 16.7 Å². The molecule has 0 unspecified atom stereocenters. The van der Waals surface area contributed by atoms with Crippen LogP contribution in [0.25, 0.3) is 22.2 Å². The van der Waals surface area contributed by atoms with Crippen molar-refractivity contribution in [3.63, 3.8) is 0 Å². The number of aryl methyl sites for hydroxylation is 1. The minimum atomic E-state index is -3.74. The first kappa shape index (κ1) is 20.3. The maximum atomic E-state index is 11.6. The fourth-order valence-corrected chi connectivity index (χ4v) is 3.82. The van der Waals surface area contributed by atoms with E-state index in [0.29, 0.717) is 34.2 Å². The van der Waals surface area contributed by atoms with Crippen molar-refractivity contribution in [2.24, 2.45) is 5.14 Å². The number of hydrogen-bond donors (Lipinski definition) is 1. The van der Waals surface area contributed by atoms with Gasteiger partial charge in [0.25, 0.3) is 0 Å². The Labute approximate surface area is 179 Å². The monoisotopic (exact) mass is 439 g/mol. The summed E-state index contributed by atoms with van der Waals surface area (Å²) in [6, 6.07) is 19.6. The molecule has 0 spiro atoms. The van der Waals surface area contributed by atoms with Crippen LogP contribution in [-0.4, -0.2) is 18.4 Å². The summed E-state index contributed by atoms with van der Waals surface area (Å²) in [5.41, 5.74) is 4.56. The molecule has 0 aliphatic carbocycles. The number of halogens is 1. The van der Waals surface area contributed by atoms with E-state index in [1.807, 2.05) is 49.4 Å². The number of nitrogens with zero attached hydrogens (tertiary/aromatic N) is 2. The van der Waals surface area contributed by atoms with Gasteiger partial charge >= 0.3 is 0 Å². The first-order valence-electron chi connectivity index (χ1n) is 9.09. The van der Waals surface area contributed by atoms with Crippen LogP contribution in [0.2, 0.25) is 5.02 Å². The Morgan fingerprint density at radius 2 is 1.70 bits per heavy atom. The van der Waals surface area contributed by atoms with E-state index in [1.54, 1.807) is 18.2 Å². The maximum Gasteiger partial charge on any atom is 0.238 e. The van der Waals surface area contributed by atoms with Crippen LogP contribution in [0.4, 0.5) is 0 Å². The fourth-order valence-electron chi connectivity index (χ4n) is 3.05. The van der Waals surface area contributed by atoms with Crippen LogP contribution >= 0.6 is 11.6 Å². The summed E-state index contributed by atoms with van der Waals surface area (Å²) in [5.74, 6) is 0.453. The van der Waals surface area contributed by atoms with Gasteiger partial charge < -0.3 is 4.74 Å². The molecule has 3 aromatic carbocycles. The molecule has 4 aromatic rings. The molecule has 0 aliphatic heterocycles. The number of fused-ring (bicyclic) bond motifs is 1. The van der Waals surface area contributed by atoms with Gasteiger partial charge in [-0.15, -0.1) is 0 Å². The Morgan fingerprint density at radius 1 is 0.967 bits per heavy atom. The maximum absolute atomic E-state index is 11.6. The zero-order valence-electron chi connectivity index (χ0n) is 16.0. The van der Waals surface area contributed by atoms with Crippen molar-refractivity contribution in [1.29, 1.82) is 0 Å². The molecule has 4 rings (SSSR count). The minimum absolute atomic E-state index is 0.0814. The van der Waals surface area contributed by atoms with Crippen molar-refractivity contribution in [1.82, 2.24) is 9.97 Å². The lowest BCUT2D eigenvalue weighted by molar-refractivity contribution is 0.291. The van der Waals surface area contributed by atoms with Crippen LogP contribution in [-0.2, 0) is 16.6 Å². The first-order chi connectivity index (χ1) is 14.3. The van der Waals surface area contributed by atoms with Gasteiger partial charge in [-0.1, -0.05) is 54.1 Å². The Kier molecular flexibility index (Phi) is 5.42. The Balaban J connectivity index is 1.52. The molecule has 0 amide bonds. The number of primary sulfonamides is 1. The number of ether oxygens (including phenoxy) is 1. The van der Waals surface area contributed by atoms with Crippen molar-refractivity contribution < 1.29 is 13.2 Å². The third-order valence-electron chi connectivity index (χ3n) is 4.60. The molecule has 1 heterocycles. The molecule has 0 aliphatic rings. The molecule has 0 bridgehead atoms. The summed E-state index contributed by atoms with van der Waals surface area (Å²) in [4.78, 5) is 9.08. The topological polar surface area (TPSA) is 95.2 Å².